The molecule has 0 radical (unpaired) electrons. The first kappa shape index (κ1) is 15.6. The number of nitrogens with one attached hydrogen (secondary N) is 1. The molecule has 0 bridgehead atoms. The Kier molecular flexibility index (Phi) is 5.14. The number of amides is 1. The Morgan fingerprint density at radius 2 is 1.82 bits per heavy atom. The molecule has 0 unspecified atom stereocenters. The first-order chi connectivity index (χ1) is 10.6. The minimum atomic E-state index is -1.09. The van der Waals surface area contributed by atoms with Crippen LogP contribution in [0.1, 0.15) is 28.4 Å². The number of aryl methyl sites for hydroxylation is 1. The predicted octanol–water partition coefficient (Wildman–Crippen LogP) is 3.70. The van der Waals surface area contributed by atoms with Gasteiger partial charge >= 0.3 is 12.1 Å². The number of carbonyl (C=O) groups excluding carboxylic acids is 1. The lowest BCUT2D eigenvalue weighted by Gasteiger charge is -2.13. The highest BCUT2D eigenvalue weighted by Gasteiger charge is 2.16. The van der Waals surface area contributed by atoms with Gasteiger partial charge in [0.25, 0.3) is 0 Å². The smallest absolute Gasteiger partial charge is 0.411 e. The second-order valence-electron chi connectivity index (χ2n) is 4.69. The average Bonchev–Trinajstić information content (AvgIpc) is 2.54. The Labute approximate surface area is 128 Å². The molecule has 0 aliphatic rings. The van der Waals surface area contributed by atoms with Crippen LogP contribution in [0, 0.1) is 0 Å². The van der Waals surface area contributed by atoms with E-state index in [9.17, 15) is 14.7 Å². The van der Waals surface area contributed by atoms with Crippen LogP contribution in [0.4, 0.5) is 10.5 Å². The molecule has 0 aliphatic carbocycles. The standard InChI is InChI=1S/C17H17NO4/c1-2-13-9-6-10-14(16(19)20)15(13)18-17(21)22-11-12-7-4-3-5-8-12/h3-10H,2,11H2,1H3,(H,18,21)(H,19,20). The van der Waals surface area contributed by atoms with Gasteiger partial charge < -0.3 is 9.84 Å². The first-order valence-electron chi connectivity index (χ1n) is 6.94. The number of carboxylic acid groups (broad SMARTS) is 1. The van der Waals surface area contributed by atoms with Gasteiger partial charge in [0.1, 0.15) is 6.61 Å². The Morgan fingerprint density at radius 3 is 2.45 bits per heavy atom. The number of carboxylic acids is 1. The average molecular weight is 299 g/mol. The highest BCUT2D eigenvalue weighted by molar-refractivity contribution is 5.99. The summed E-state index contributed by atoms with van der Waals surface area (Å²) in [5.74, 6) is -1.09. The van der Waals surface area contributed by atoms with Crippen molar-refractivity contribution in [2.75, 3.05) is 5.32 Å². The molecule has 0 spiro atoms. The van der Waals surface area contributed by atoms with Crippen molar-refractivity contribution >= 4 is 17.7 Å². The molecule has 114 valence electrons. The second kappa shape index (κ2) is 7.26. The zero-order chi connectivity index (χ0) is 15.9. The van der Waals surface area contributed by atoms with Crippen molar-refractivity contribution in [3.63, 3.8) is 0 Å². The molecule has 2 N–H and O–H groups in total. The summed E-state index contributed by atoms with van der Waals surface area (Å²) < 4.78 is 5.12. The Balaban J connectivity index is 2.09. The van der Waals surface area contributed by atoms with E-state index in [0.29, 0.717) is 6.42 Å². The van der Waals surface area contributed by atoms with Crippen LogP contribution in [0.15, 0.2) is 48.5 Å². The molecule has 2 aromatic carbocycles. The second-order valence-corrected chi connectivity index (χ2v) is 4.69. The lowest BCUT2D eigenvalue weighted by atomic mass is 10.1. The van der Waals surface area contributed by atoms with Gasteiger partial charge in [0.05, 0.1) is 11.3 Å². The van der Waals surface area contributed by atoms with E-state index in [-0.39, 0.29) is 17.9 Å². The molecule has 0 fully saturated rings. The van der Waals surface area contributed by atoms with Crippen molar-refractivity contribution in [3.05, 3.63) is 65.2 Å². The van der Waals surface area contributed by atoms with Gasteiger partial charge in [-0.3, -0.25) is 5.32 Å². The topological polar surface area (TPSA) is 75.6 Å². The normalized spacial score (nSPS) is 10.0. The van der Waals surface area contributed by atoms with Gasteiger partial charge in [-0.2, -0.15) is 0 Å². The van der Waals surface area contributed by atoms with Crippen LogP contribution in [0.2, 0.25) is 0 Å². The lowest BCUT2D eigenvalue weighted by Crippen LogP contribution is -2.17. The molecule has 2 aromatic rings. The number of aromatic carboxylic acids is 1. The van der Waals surface area contributed by atoms with Crippen molar-refractivity contribution in [2.45, 2.75) is 20.0 Å². The summed E-state index contributed by atoms with van der Waals surface area (Å²) in [5, 5.41) is 11.8. The maximum Gasteiger partial charge on any atom is 0.411 e. The van der Waals surface area contributed by atoms with E-state index in [4.69, 9.17) is 4.74 Å². The first-order valence-corrected chi connectivity index (χ1v) is 6.94. The highest BCUT2D eigenvalue weighted by Crippen LogP contribution is 2.22. The molecular formula is C17H17NO4. The van der Waals surface area contributed by atoms with Crippen LogP contribution in [0.3, 0.4) is 0 Å². The third-order valence-corrected chi connectivity index (χ3v) is 3.20. The van der Waals surface area contributed by atoms with E-state index in [0.717, 1.165) is 11.1 Å². The van der Waals surface area contributed by atoms with Gasteiger partial charge in [-0.25, -0.2) is 9.59 Å². The lowest BCUT2D eigenvalue weighted by molar-refractivity contribution is 0.0698. The van der Waals surface area contributed by atoms with Gasteiger partial charge in [-0.1, -0.05) is 49.4 Å². The van der Waals surface area contributed by atoms with Gasteiger partial charge in [0.15, 0.2) is 0 Å². The van der Waals surface area contributed by atoms with E-state index in [1.165, 1.54) is 6.07 Å². The number of para-hydroxylation sites is 1. The molecule has 22 heavy (non-hydrogen) atoms. The maximum absolute atomic E-state index is 11.9. The fraction of sp³-hybridized carbons (Fsp3) is 0.176. The predicted molar refractivity (Wildman–Crippen MR) is 83.0 cm³/mol. The number of benzene rings is 2. The van der Waals surface area contributed by atoms with Gasteiger partial charge in [-0.15, -0.1) is 0 Å². The molecule has 5 nitrogen and oxygen atoms in total. The van der Waals surface area contributed by atoms with E-state index in [1.807, 2.05) is 37.3 Å². The van der Waals surface area contributed by atoms with Gasteiger partial charge in [0, 0.05) is 0 Å². The number of hydrogen-bond donors (Lipinski definition) is 2. The number of hydrogen-bond acceptors (Lipinski definition) is 3. The number of carbonyl (C=O) groups is 2. The zero-order valence-electron chi connectivity index (χ0n) is 12.2. The third-order valence-electron chi connectivity index (χ3n) is 3.20. The molecule has 0 atom stereocenters. The van der Waals surface area contributed by atoms with Crippen molar-refractivity contribution < 1.29 is 19.4 Å². The van der Waals surface area contributed by atoms with Crippen LogP contribution in [-0.2, 0) is 17.8 Å². The maximum atomic E-state index is 11.9. The summed E-state index contributed by atoms with van der Waals surface area (Å²) in [6.45, 7) is 2.02. The van der Waals surface area contributed by atoms with E-state index >= 15 is 0 Å². The molecule has 0 saturated carbocycles. The third kappa shape index (κ3) is 3.85. The van der Waals surface area contributed by atoms with Crippen molar-refractivity contribution in [3.8, 4) is 0 Å². The number of anilines is 1. The molecule has 0 heterocycles. The molecule has 0 aromatic heterocycles. The van der Waals surface area contributed by atoms with Crippen LogP contribution >= 0.6 is 0 Å². The van der Waals surface area contributed by atoms with Crippen LogP contribution in [-0.4, -0.2) is 17.2 Å². The van der Waals surface area contributed by atoms with Crippen LogP contribution < -0.4 is 5.32 Å². The van der Waals surface area contributed by atoms with E-state index in [2.05, 4.69) is 5.32 Å². The largest absolute Gasteiger partial charge is 0.478 e. The molecular weight excluding hydrogens is 282 g/mol. The Morgan fingerprint density at radius 1 is 1.09 bits per heavy atom. The van der Waals surface area contributed by atoms with Gasteiger partial charge in [-0.05, 0) is 23.6 Å². The summed E-state index contributed by atoms with van der Waals surface area (Å²) in [4.78, 5) is 23.2. The summed E-state index contributed by atoms with van der Waals surface area (Å²) >= 11 is 0. The summed E-state index contributed by atoms with van der Waals surface area (Å²) in [7, 11) is 0. The van der Waals surface area contributed by atoms with E-state index in [1.54, 1.807) is 12.1 Å². The van der Waals surface area contributed by atoms with Gasteiger partial charge in [0.2, 0.25) is 0 Å². The minimum Gasteiger partial charge on any atom is -0.478 e. The molecule has 2 rings (SSSR count). The molecule has 0 saturated heterocycles. The van der Waals surface area contributed by atoms with Crippen molar-refractivity contribution in [1.82, 2.24) is 0 Å². The minimum absolute atomic E-state index is 0.0519. The number of rotatable bonds is 5. The molecule has 1 amide bonds. The van der Waals surface area contributed by atoms with Crippen molar-refractivity contribution in [2.24, 2.45) is 0 Å². The highest BCUT2D eigenvalue weighted by atomic mass is 16.5. The van der Waals surface area contributed by atoms with Crippen LogP contribution in [0.25, 0.3) is 0 Å². The molecule has 0 aliphatic heterocycles. The summed E-state index contributed by atoms with van der Waals surface area (Å²) in [6, 6.07) is 14.2. The fourth-order valence-corrected chi connectivity index (χ4v) is 2.08. The quantitative estimate of drug-likeness (QED) is 0.882. The van der Waals surface area contributed by atoms with Crippen molar-refractivity contribution in [1.29, 1.82) is 0 Å². The zero-order valence-corrected chi connectivity index (χ0v) is 12.2. The fourth-order valence-electron chi connectivity index (χ4n) is 2.08. The summed E-state index contributed by atoms with van der Waals surface area (Å²) in [5.41, 5.74) is 1.95. The summed E-state index contributed by atoms with van der Waals surface area (Å²) in [6.07, 6.45) is -0.0673. The monoisotopic (exact) mass is 299 g/mol. The van der Waals surface area contributed by atoms with Crippen LogP contribution in [0.5, 0.6) is 0 Å². The Bertz CT molecular complexity index is 668. The molecule has 5 heteroatoms. The Hall–Kier alpha value is -2.82. The van der Waals surface area contributed by atoms with E-state index < -0.39 is 12.1 Å². The SMILES string of the molecule is CCc1cccc(C(=O)O)c1NC(=O)OCc1ccccc1. The number of ether oxygens (including phenoxy) is 1.